The molecule has 1 aliphatic carbocycles. The highest BCUT2D eigenvalue weighted by Gasteiger charge is 2.30. The van der Waals surface area contributed by atoms with Gasteiger partial charge in [-0.15, -0.1) is 0 Å². The van der Waals surface area contributed by atoms with Crippen LogP contribution >= 0.6 is 0 Å². The van der Waals surface area contributed by atoms with Crippen molar-refractivity contribution in [3.8, 4) is 11.1 Å². The molecule has 0 aromatic heterocycles. The van der Waals surface area contributed by atoms with Gasteiger partial charge >= 0.3 is 0 Å². The number of benzene rings is 3. The van der Waals surface area contributed by atoms with Crippen molar-refractivity contribution in [2.24, 2.45) is 0 Å². The van der Waals surface area contributed by atoms with Gasteiger partial charge in [0.25, 0.3) is 0 Å². The van der Waals surface area contributed by atoms with Crippen LogP contribution in [0.5, 0.6) is 0 Å². The topological polar surface area (TPSA) is 20.2 Å². The van der Waals surface area contributed by atoms with E-state index in [1.807, 2.05) is 42.5 Å². The van der Waals surface area contributed by atoms with Crippen molar-refractivity contribution >= 4 is 6.08 Å². The Kier molecular flexibility index (Phi) is 3.75. The first kappa shape index (κ1) is 14.9. The van der Waals surface area contributed by atoms with Crippen LogP contribution in [0.3, 0.4) is 0 Å². The van der Waals surface area contributed by atoms with Gasteiger partial charge in [-0.05, 0) is 39.9 Å². The molecule has 4 rings (SSSR count). The fraction of sp³-hybridized carbons (Fsp3) is 0.0909. The quantitative estimate of drug-likeness (QED) is 0.677. The minimum atomic E-state index is -0.590. The molecule has 0 amide bonds. The number of aliphatic hydroxyl groups is 1. The number of aliphatic hydroxyl groups excluding tert-OH is 1. The van der Waals surface area contributed by atoms with Crippen molar-refractivity contribution in [1.29, 1.82) is 0 Å². The lowest BCUT2D eigenvalue weighted by Crippen LogP contribution is -2.15. The molecule has 2 unspecified atom stereocenters. The molecule has 2 heteroatoms. The van der Waals surface area contributed by atoms with Crippen LogP contribution in [0.15, 0.2) is 78.9 Å². The molecule has 24 heavy (non-hydrogen) atoms. The Morgan fingerprint density at radius 1 is 0.750 bits per heavy atom. The summed E-state index contributed by atoms with van der Waals surface area (Å²) in [6.45, 7) is 0. The standard InChI is InChI=1S/C22H17FO/c23-16-12-9-15(10-13-16)11-14-21-19-7-2-1-5-17(19)18-6-3-4-8-20(18)22(21)24/h1-14,21-22,24H/b14-11+. The molecule has 3 aromatic carbocycles. The Labute approximate surface area is 140 Å². The zero-order valence-electron chi connectivity index (χ0n) is 13.1. The monoisotopic (exact) mass is 316 g/mol. The van der Waals surface area contributed by atoms with Gasteiger partial charge < -0.3 is 5.11 Å². The van der Waals surface area contributed by atoms with Crippen molar-refractivity contribution in [3.05, 3.63) is 101 Å². The lowest BCUT2D eigenvalue weighted by molar-refractivity contribution is 0.160. The first-order valence-corrected chi connectivity index (χ1v) is 8.04. The molecule has 0 spiro atoms. The molecule has 0 saturated heterocycles. The van der Waals surface area contributed by atoms with Crippen molar-refractivity contribution in [3.63, 3.8) is 0 Å². The van der Waals surface area contributed by atoms with Gasteiger partial charge in [0.1, 0.15) is 5.82 Å². The summed E-state index contributed by atoms with van der Waals surface area (Å²) in [5.74, 6) is -0.370. The van der Waals surface area contributed by atoms with Crippen molar-refractivity contribution in [2.75, 3.05) is 0 Å². The Morgan fingerprint density at radius 3 is 2.04 bits per heavy atom. The van der Waals surface area contributed by atoms with E-state index >= 15 is 0 Å². The summed E-state index contributed by atoms with van der Waals surface area (Å²) < 4.78 is 13.0. The molecule has 0 saturated carbocycles. The number of rotatable bonds is 2. The Hall–Kier alpha value is -2.71. The van der Waals surface area contributed by atoms with Crippen LogP contribution in [0, 0.1) is 5.82 Å². The molecule has 1 aliphatic rings. The van der Waals surface area contributed by atoms with E-state index in [-0.39, 0.29) is 11.7 Å². The Morgan fingerprint density at radius 2 is 1.33 bits per heavy atom. The highest BCUT2D eigenvalue weighted by atomic mass is 19.1. The van der Waals surface area contributed by atoms with Crippen LogP contribution in [-0.4, -0.2) is 5.11 Å². The van der Waals surface area contributed by atoms with Crippen molar-refractivity contribution in [2.45, 2.75) is 12.0 Å². The number of hydrogen-bond donors (Lipinski definition) is 1. The van der Waals surface area contributed by atoms with E-state index in [2.05, 4.69) is 18.2 Å². The van der Waals surface area contributed by atoms with Gasteiger partial charge in [-0.2, -0.15) is 0 Å². The molecule has 3 aromatic rings. The SMILES string of the molecule is OC1c2ccccc2-c2ccccc2C1/C=C/c1ccc(F)cc1. The van der Waals surface area contributed by atoms with E-state index in [1.54, 1.807) is 12.1 Å². The maximum Gasteiger partial charge on any atom is 0.123 e. The van der Waals surface area contributed by atoms with Gasteiger partial charge in [0.15, 0.2) is 0 Å². The second-order valence-electron chi connectivity index (χ2n) is 6.06. The van der Waals surface area contributed by atoms with Crippen LogP contribution < -0.4 is 0 Å². The lowest BCUT2D eigenvalue weighted by atomic mass is 9.76. The fourth-order valence-electron chi connectivity index (χ4n) is 3.39. The summed E-state index contributed by atoms with van der Waals surface area (Å²) in [6.07, 6.45) is 3.36. The molecule has 1 nitrogen and oxygen atoms in total. The smallest absolute Gasteiger partial charge is 0.123 e. The van der Waals surface area contributed by atoms with Gasteiger partial charge in [0.05, 0.1) is 6.10 Å². The van der Waals surface area contributed by atoms with E-state index in [4.69, 9.17) is 0 Å². The molecular weight excluding hydrogens is 299 g/mol. The van der Waals surface area contributed by atoms with Crippen LogP contribution in [0.1, 0.15) is 28.7 Å². The minimum absolute atomic E-state index is 0.124. The first-order chi connectivity index (χ1) is 11.7. The summed E-state index contributed by atoms with van der Waals surface area (Å²) in [5, 5.41) is 10.9. The summed E-state index contributed by atoms with van der Waals surface area (Å²) in [5.41, 5.74) is 5.23. The van der Waals surface area contributed by atoms with Crippen LogP contribution in [-0.2, 0) is 0 Å². The van der Waals surface area contributed by atoms with Gasteiger partial charge in [0.2, 0.25) is 0 Å². The molecule has 0 bridgehead atoms. The Bertz CT molecular complexity index is 896. The van der Waals surface area contributed by atoms with Gasteiger partial charge in [-0.3, -0.25) is 0 Å². The molecule has 1 N–H and O–H groups in total. The number of fused-ring (bicyclic) bond motifs is 3. The van der Waals surface area contributed by atoms with Crippen LogP contribution in [0.25, 0.3) is 17.2 Å². The molecule has 0 heterocycles. The molecule has 118 valence electrons. The van der Waals surface area contributed by atoms with E-state index in [9.17, 15) is 9.50 Å². The van der Waals surface area contributed by atoms with Gasteiger partial charge in [-0.1, -0.05) is 72.8 Å². The number of halogens is 1. The average molecular weight is 316 g/mol. The van der Waals surface area contributed by atoms with E-state index in [1.165, 1.54) is 12.1 Å². The van der Waals surface area contributed by atoms with Gasteiger partial charge in [0, 0.05) is 5.92 Å². The molecule has 2 atom stereocenters. The predicted molar refractivity (Wildman–Crippen MR) is 95.0 cm³/mol. The van der Waals surface area contributed by atoms with E-state index < -0.39 is 6.10 Å². The number of hydrogen-bond acceptors (Lipinski definition) is 1. The largest absolute Gasteiger partial charge is 0.387 e. The fourth-order valence-corrected chi connectivity index (χ4v) is 3.39. The van der Waals surface area contributed by atoms with Gasteiger partial charge in [-0.25, -0.2) is 4.39 Å². The predicted octanol–water partition coefficient (Wildman–Crippen LogP) is 5.34. The van der Waals surface area contributed by atoms with Crippen molar-refractivity contribution in [1.82, 2.24) is 0 Å². The van der Waals surface area contributed by atoms with Crippen molar-refractivity contribution < 1.29 is 9.50 Å². The normalized spacial score (nSPS) is 19.1. The molecule has 0 radical (unpaired) electrons. The van der Waals surface area contributed by atoms with Crippen LogP contribution in [0.4, 0.5) is 4.39 Å². The molecular formula is C22H17FO. The maximum absolute atomic E-state index is 13.0. The average Bonchev–Trinajstić information content (AvgIpc) is 2.63. The molecule has 0 aliphatic heterocycles. The summed E-state index contributed by atoms with van der Waals surface area (Å²) in [7, 11) is 0. The summed E-state index contributed by atoms with van der Waals surface area (Å²) in [6, 6.07) is 22.5. The zero-order valence-corrected chi connectivity index (χ0v) is 13.1. The second kappa shape index (κ2) is 6.06. The van der Waals surface area contributed by atoms with E-state index in [0.717, 1.165) is 27.8 Å². The van der Waals surface area contributed by atoms with Crippen LogP contribution in [0.2, 0.25) is 0 Å². The zero-order chi connectivity index (χ0) is 16.5. The molecule has 0 fully saturated rings. The Balaban J connectivity index is 1.77. The lowest BCUT2D eigenvalue weighted by Gasteiger charge is -2.30. The summed E-state index contributed by atoms with van der Waals surface area (Å²) >= 11 is 0. The second-order valence-corrected chi connectivity index (χ2v) is 6.06. The third kappa shape index (κ3) is 2.55. The highest BCUT2D eigenvalue weighted by Crippen LogP contribution is 2.46. The third-order valence-electron chi connectivity index (χ3n) is 4.60. The first-order valence-electron chi connectivity index (χ1n) is 8.04. The maximum atomic E-state index is 13.0. The summed E-state index contributed by atoms with van der Waals surface area (Å²) in [4.78, 5) is 0. The van der Waals surface area contributed by atoms with E-state index in [0.29, 0.717) is 0 Å². The highest BCUT2D eigenvalue weighted by molar-refractivity contribution is 5.75. The minimum Gasteiger partial charge on any atom is -0.387 e. The third-order valence-corrected chi connectivity index (χ3v) is 4.60.